The standard InChI is InChI=1S/C25H30N2O5/c1-5-32-19-12-10-17(11-13-19)23(28)21-22(18-8-6-9-20(16-18)31-4)27(25(30)24(21)29)15-7-14-26(2)3/h6,8-13,16,22,28H,5,7,14-15H2,1-4H3/b23-21+/t22-/m1/s1. The zero-order valence-electron chi connectivity index (χ0n) is 19.0. The van der Waals surface area contributed by atoms with Crippen LogP contribution in [0.15, 0.2) is 54.1 Å². The Labute approximate surface area is 188 Å². The van der Waals surface area contributed by atoms with E-state index in [1.54, 1.807) is 48.4 Å². The van der Waals surface area contributed by atoms with E-state index in [9.17, 15) is 14.7 Å². The van der Waals surface area contributed by atoms with Gasteiger partial charge in [0.2, 0.25) is 0 Å². The zero-order valence-corrected chi connectivity index (χ0v) is 19.0. The number of Topliss-reactive ketones (excluding diaryl/α,β-unsaturated/α-hetero) is 1. The molecule has 1 fully saturated rings. The van der Waals surface area contributed by atoms with Crippen LogP contribution in [-0.4, -0.2) is 67.5 Å². The Bertz CT molecular complexity index is 998. The van der Waals surface area contributed by atoms with Gasteiger partial charge in [0.05, 0.1) is 25.3 Å². The van der Waals surface area contributed by atoms with Gasteiger partial charge in [-0.3, -0.25) is 9.59 Å². The molecule has 1 amide bonds. The molecule has 0 aromatic heterocycles. The SMILES string of the molecule is CCOc1ccc(/C(O)=C2\C(=O)C(=O)N(CCCN(C)C)[C@@H]2c2cccc(OC)c2)cc1. The van der Waals surface area contributed by atoms with Gasteiger partial charge in [0.25, 0.3) is 11.7 Å². The fraction of sp³-hybridized carbons (Fsp3) is 0.360. The van der Waals surface area contributed by atoms with E-state index in [0.29, 0.717) is 42.2 Å². The quantitative estimate of drug-likeness (QED) is 0.367. The molecule has 1 atom stereocenters. The van der Waals surface area contributed by atoms with Crippen LogP contribution in [0.1, 0.15) is 30.5 Å². The fourth-order valence-corrected chi connectivity index (χ4v) is 3.86. The van der Waals surface area contributed by atoms with Gasteiger partial charge in [-0.1, -0.05) is 12.1 Å². The van der Waals surface area contributed by atoms with Gasteiger partial charge in [-0.05, 0) is 75.9 Å². The van der Waals surface area contributed by atoms with Gasteiger partial charge in [-0.25, -0.2) is 0 Å². The number of ether oxygens (including phenoxy) is 2. The first-order valence-electron chi connectivity index (χ1n) is 10.7. The molecule has 0 spiro atoms. The van der Waals surface area contributed by atoms with Crippen molar-refractivity contribution in [2.75, 3.05) is 40.9 Å². The van der Waals surface area contributed by atoms with Crippen LogP contribution in [0.5, 0.6) is 11.5 Å². The summed E-state index contributed by atoms with van der Waals surface area (Å²) >= 11 is 0. The Morgan fingerprint density at radius 1 is 1.09 bits per heavy atom. The molecule has 0 radical (unpaired) electrons. The molecule has 2 aromatic carbocycles. The Morgan fingerprint density at radius 3 is 2.44 bits per heavy atom. The summed E-state index contributed by atoms with van der Waals surface area (Å²) < 4.78 is 10.8. The highest BCUT2D eigenvalue weighted by atomic mass is 16.5. The second-order valence-corrected chi connectivity index (χ2v) is 7.88. The molecule has 2 aromatic rings. The minimum atomic E-state index is -0.696. The second-order valence-electron chi connectivity index (χ2n) is 7.88. The molecule has 1 aliphatic rings. The van der Waals surface area contributed by atoms with Crippen molar-refractivity contribution in [2.24, 2.45) is 0 Å². The molecule has 7 nitrogen and oxygen atoms in total. The molecule has 1 aliphatic heterocycles. The van der Waals surface area contributed by atoms with Crippen LogP contribution in [0.3, 0.4) is 0 Å². The third-order valence-corrected chi connectivity index (χ3v) is 5.39. The number of rotatable bonds is 9. The maximum absolute atomic E-state index is 13.1. The van der Waals surface area contributed by atoms with Crippen molar-refractivity contribution in [2.45, 2.75) is 19.4 Å². The molecule has 0 saturated carbocycles. The monoisotopic (exact) mass is 438 g/mol. The maximum Gasteiger partial charge on any atom is 0.295 e. The van der Waals surface area contributed by atoms with Crippen molar-refractivity contribution in [1.82, 2.24) is 9.80 Å². The average molecular weight is 439 g/mol. The summed E-state index contributed by atoms with van der Waals surface area (Å²) in [6.07, 6.45) is 0.698. The van der Waals surface area contributed by atoms with Gasteiger partial charge in [-0.2, -0.15) is 0 Å². The number of carbonyl (C=O) groups is 2. The first-order valence-corrected chi connectivity index (χ1v) is 10.7. The molecule has 0 unspecified atom stereocenters. The molecule has 32 heavy (non-hydrogen) atoms. The van der Waals surface area contributed by atoms with Crippen molar-refractivity contribution >= 4 is 17.4 Å². The number of hydrogen-bond acceptors (Lipinski definition) is 6. The molecular weight excluding hydrogens is 408 g/mol. The molecule has 1 N–H and O–H groups in total. The van der Waals surface area contributed by atoms with Crippen LogP contribution in [0, 0.1) is 0 Å². The van der Waals surface area contributed by atoms with Gasteiger partial charge in [-0.15, -0.1) is 0 Å². The second kappa shape index (κ2) is 10.3. The Balaban J connectivity index is 2.07. The Hall–Kier alpha value is -3.32. The molecule has 170 valence electrons. The predicted molar refractivity (Wildman–Crippen MR) is 123 cm³/mol. The number of amides is 1. The van der Waals surface area contributed by atoms with Crippen LogP contribution in [0.2, 0.25) is 0 Å². The summed E-state index contributed by atoms with van der Waals surface area (Å²) in [5.41, 5.74) is 1.24. The summed E-state index contributed by atoms with van der Waals surface area (Å²) in [5.74, 6) is -0.215. The van der Waals surface area contributed by atoms with E-state index in [-0.39, 0.29) is 11.3 Å². The van der Waals surface area contributed by atoms with Gasteiger partial charge < -0.3 is 24.4 Å². The first kappa shape index (κ1) is 23.3. The number of hydrogen-bond donors (Lipinski definition) is 1. The topological polar surface area (TPSA) is 79.3 Å². The van der Waals surface area contributed by atoms with E-state index in [4.69, 9.17) is 9.47 Å². The van der Waals surface area contributed by atoms with Crippen molar-refractivity contribution in [1.29, 1.82) is 0 Å². The summed E-state index contributed by atoms with van der Waals surface area (Å²) in [6, 6.07) is 13.4. The summed E-state index contributed by atoms with van der Waals surface area (Å²) in [7, 11) is 5.48. The van der Waals surface area contributed by atoms with E-state index in [2.05, 4.69) is 0 Å². The number of ketones is 1. The highest BCUT2D eigenvalue weighted by Crippen LogP contribution is 2.40. The summed E-state index contributed by atoms with van der Waals surface area (Å²) in [6.45, 7) is 3.58. The van der Waals surface area contributed by atoms with Crippen LogP contribution in [0.4, 0.5) is 0 Å². The molecular formula is C25H30N2O5. The lowest BCUT2D eigenvalue weighted by Crippen LogP contribution is -2.32. The van der Waals surface area contributed by atoms with Crippen LogP contribution >= 0.6 is 0 Å². The normalized spacial score (nSPS) is 17.8. The number of aliphatic hydroxyl groups excluding tert-OH is 1. The molecule has 1 saturated heterocycles. The minimum absolute atomic E-state index is 0.0808. The molecule has 3 rings (SSSR count). The molecule has 1 heterocycles. The highest BCUT2D eigenvalue weighted by Gasteiger charge is 2.45. The van der Waals surface area contributed by atoms with E-state index < -0.39 is 17.7 Å². The number of likely N-dealkylation sites (tertiary alicyclic amines) is 1. The average Bonchev–Trinajstić information content (AvgIpc) is 3.04. The van der Waals surface area contributed by atoms with E-state index in [1.807, 2.05) is 38.1 Å². The maximum atomic E-state index is 13.1. The number of aliphatic hydroxyl groups is 1. The van der Waals surface area contributed by atoms with Gasteiger partial charge in [0, 0.05) is 12.1 Å². The van der Waals surface area contributed by atoms with Crippen molar-refractivity contribution < 1.29 is 24.2 Å². The van der Waals surface area contributed by atoms with Gasteiger partial charge in [0.15, 0.2) is 0 Å². The van der Waals surface area contributed by atoms with E-state index in [0.717, 1.165) is 6.54 Å². The minimum Gasteiger partial charge on any atom is -0.507 e. The summed E-state index contributed by atoms with van der Waals surface area (Å²) in [5, 5.41) is 11.1. The molecule has 0 aliphatic carbocycles. The van der Waals surface area contributed by atoms with Gasteiger partial charge in [0.1, 0.15) is 17.3 Å². The Morgan fingerprint density at radius 2 is 1.81 bits per heavy atom. The third-order valence-electron chi connectivity index (χ3n) is 5.39. The van der Waals surface area contributed by atoms with Crippen molar-refractivity contribution in [3.05, 3.63) is 65.2 Å². The lowest BCUT2D eigenvalue weighted by atomic mass is 9.95. The van der Waals surface area contributed by atoms with E-state index >= 15 is 0 Å². The number of carbonyl (C=O) groups excluding carboxylic acids is 2. The Kier molecular flexibility index (Phi) is 7.53. The van der Waals surface area contributed by atoms with Crippen LogP contribution in [-0.2, 0) is 9.59 Å². The van der Waals surface area contributed by atoms with Crippen molar-refractivity contribution in [3.8, 4) is 11.5 Å². The number of methoxy groups -OCH3 is 1. The molecule has 0 bridgehead atoms. The fourth-order valence-electron chi connectivity index (χ4n) is 3.86. The highest BCUT2D eigenvalue weighted by molar-refractivity contribution is 6.46. The summed E-state index contributed by atoms with van der Waals surface area (Å²) in [4.78, 5) is 29.6. The molecule has 7 heteroatoms. The third kappa shape index (κ3) is 4.94. The van der Waals surface area contributed by atoms with Crippen molar-refractivity contribution in [3.63, 3.8) is 0 Å². The van der Waals surface area contributed by atoms with Crippen LogP contribution in [0.25, 0.3) is 5.76 Å². The number of nitrogens with zero attached hydrogens (tertiary/aromatic N) is 2. The number of benzene rings is 2. The zero-order chi connectivity index (χ0) is 23.3. The predicted octanol–water partition coefficient (Wildman–Crippen LogP) is 3.47. The smallest absolute Gasteiger partial charge is 0.295 e. The lowest BCUT2D eigenvalue weighted by Gasteiger charge is -2.26. The lowest BCUT2D eigenvalue weighted by molar-refractivity contribution is -0.139. The van der Waals surface area contributed by atoms with Crippen LogP contribution < -0.4 is 9.47 Å². The van der Waals surface area contributed by atoms with Gasteiger partial charge >= 0.3 is 0 Å². The van der Waals surface area contributed by atoms with E-state index in [1.165, 1.54) is 0 Å². The first-order chi connectivity index (χ1) is 15.4. The largest absolute Gasteiger partial charge is 0.507 e.